The molecule has 174 valence electrons. The molecule has 0 saturated heterocycles. The molecule has 0 aromatic heterocycles. The molecule has 0 bridgehead atoms. The topological polar surface area (TPSA) is 82.7 Å². The average molecular weight is 475 g/mol. The zero-order valence-corrected chi connectivity index (χ0v) is 19.2. The molecule has 2 amide bonds. The van der Waals surface area contributed by atoms with Gasteiger partial charge in [0.05, 0.1) is 23.9 Å². The summed E-state index contributed by atoms with van der Waals surface area (Å²) in [6, 6.07) is 8.42. The van der Waals surface area contributed by atoms with Crippen LogP contribution in [0.5, 0.6) is 0 Å². The number of ether oxygens (including phenoxy) is 1. The number of benzene rings is 2. The fraction of sp³-hybridized carbons (Fsp3) is 0.261. The van der Waals surface area contributed by atoms with Crippen molar-refractivity contribution in [2.75, 3.05) is 23.8 Å². The third-order valence-corrected chi connectivity index (χ3v) is 5.43. The van der Waals surface area contributed by atoms with Crippen molar-refractivity contribution in [1.29, 1.82) is 0 Å². The molecule has 1 atom stereocenters. The lowest BCUT2D eigenvalue weighted by atomic mass is 9.95. The lowest BCUT2D eigenvalue weighted by Gasteiger charge is -2.37. The molecule has 0 aliphatic carbocycles. The Hall–Kier alpha value is -3.53. The van der Waals surface area contributed by atoms with Crippen LogP contribution in [0.1, 0.15) is 32.4 Å². The monoisotopic (exact) mass is 474 g/mol. The molecule has 10 heteroatoms. The second-order valence-corrected chi connectivity index (χ2v) is 7.56. The molecular weight excluding hydrogens is 450 g/mol. The highest BCUT2D eigenvalue weighted by atomic mass is 32.1. The van der Waals surface area contributed by atoms with E-state index in [0.29, 0.717) is 34.7 Å². The summed E-state index contributed by atoms with van der Waals surface area (Å²) in [7, 11) is 0. The molecule has 1 heterocycles. The second kappa shape index (κ2) is 10.4. The summed E-state index contributed by atoms with van der Waals surface area (Å²) in [6.07, 6.45) is 0. The number of halogens is 2. The van der Waals surface area contributed by atoms with Crippen LogP contribution in [0.3, 0.4) is 0 Å². The van der Waals surface area contributed by atoms with Gasteiger partial charge >= 0.3 is 12.0 Å². The van der Waals surface area contributed by atoms with Gasteiger partial charge in [0.15, 0.2) is 5.11 Å². The van der Waals surface area contributed by atoms with E-state index in [1.807, 2.05) is 18.7 Å². The zero-order chi connectivity index (χ0) is 24.1. The normalized spacial score (nSPS) is 15.7. The third-order valence-electron chi connectivity index (χ3n) is 5.09. The molecular formula is C23H24F2N4O3S. The van der Waals surface area contributed by atoms with Crippen LogP contribution in [0.4, 0.5) is 25.0 Å². The molecule has 2 aromatic rings. The number of hydrogen-bond donors (Lipinski definition) is 3. The second-order valence-electron chi connectivity index (χ2n) is 7.17. The largest absolute Gasteiger partial charge is 0.463 e. The predicted molar refractivity (Wildman–Crippen MR) is 126 cm³/mol. The minimum atomic E-state index is -0.880. The van der Waals surface area contributed by atoms with E-state index in [2.05, 4.69) is 16.0 Å². The van der Waals surface area contributed by atoms with Gasteiger partial charge in [-0.15, -0.1) is 0 Å². The number of thiocarbonyl (C=S) groups is 1. The molecule has 1 aliphatic heterocycles. The molecule has 0 spiro atoms. The smallest absolute Gasteiger partial charge is 0.338 e. The van der Waals surface area contributed by atoms with Crippen molar-refractivity contribution in [3.8, 4) is 0 Å². The van der Waals surface area contributed by atoms with Crippen LogP contribution < -0.4 is 16.0 Å². The summed E-state index contributed by atoms with van der Waals surface area (Å²) in [5.41, 5.74) is 2.20. The van der Waals surface area contributed by atoms with Crippen LogP contribution in [-0.4, -0.2) is 35.2 Å². The Morgan fingerprint density at radius 3 is 2.42 bits per heavy atom. The van der Waals surface area contributed by atoms with Gasteiger partial charge in [-0.2, -0.15) is 0 Å². The molecule has 1 unspecified atom stereocenters. The molecule has 2 aromatic carbocycles. The van der Waals surface area contributed by atoms with Crippen LogP contribution in [0.2, 0.25) is 0 Å². The van der Waals surface area contributed by atoms with E-state index >= 15 is 0 Å². The summed E-state index contributed by atoms with van der Waals surface area (Å²) in [5.74, 6) is -2.05. The minimum Gasteiger partial charge on any atom is -0.463 e. The standard InChI is InChI=1S/C23H24F2N4O3S/c1-4-29-13(3)19(21(30)32-5-2)20(28-23(29)33)14-6-9-16(10-7-14)26-22(31)27-18-11-8-15(24)12-17(18)25/h6-12,20H,4-5H2,1-3H3,(H,28,33)(H2,26,27,31). The van der Waals surface area contributed by atoms with E-state index < -0.39 is 29.7 Å². The fourth-order valence-electron chi connectivity index (χ4n) is 3.52. The van der Waals surface area contributed by atoms with E-state index in [0.717, 1.165) is 17.7 Å². The number of urea groups is 1. The van der Waals surface area contributed by atoms with Gasteiger partial charge in [0, 0.05) is 24.0 Å². The highest BCUT2D eigenvalue weighted by molar-refractivity contribution is 7.80. The van der Waals surface area contributed by atoms with Crippen LogP contribution in [0.25, 0.3) is 0 Å². The summed E-state index contributed by atoms with van der Waals surface area (Å²) >= 11 is 5.46. The Balaban J connectivity index is 1.78. The van der Waals surface area contributed by atoms with Crippen molar-refractivity contribution in [3.05, 3.63) is 70.9 Å². The first-order valence-corrected chi connectivity index (χ1v) is 10.7. The number of anilines is 2. The van der Waals surface area contributed by atoms with Gasteiger partial charge in [0.2, 0.25) is 0 Å². The Labute approximate surface area is 195 Å². The number of hydrogen-bond acceptors (Lipinski definition) is 4. The maximum absolute atomic E-state index is 13.7. The first-order chi connectivity index (χ1) is 15.7. The molecule has 0 radical (unpaired) electrons. The highest BCUT2D eigenvalue weighted by Crippen LogP contribution is 2.32. The Bertz CT molecular complexity index is 1110. The number of esters is 1. The molecule has 0 saturated carbocycles. The lowest BCUT2D eigenvalue weighted by molar-refractivity contribution is -0.139. The molecule has 3 N–H and O–H groups in total. The van der Waals surface area contributed by atoms with E-state index in [1.54, 1.807) is 31.2 Å². The summed E-state index contributed by atoms with van der Waals surface area (Å²) in [4.78, 5) is 26.7. The molecule has 33 heavy (non-hydrogen) atoms. The molecule has 0 fully saturated rings. The van der Waals surface area contributed by atoms with Crippen LogP contribution in [0, 0.1) is 11.6 Å². The van der Waals surface area contributed by atoms with Crippen molar-refractivity contribution < 1.29 is 23.1 Å². The predicted octanol–water partition coefficient (Wildman–Crippen LogP) is 4.70. The first-order valence-electron chi connectivity index (χ1n) is 10.3. The Morgan fingerprint density at radius 1 is 1.12 bits per heavy atom. The first kappa shape index (κ1) is 24.1. The number of carbonyl (C=O) groups is 2. The molecule has 7 nitrogen and oxygen atoms in total. The summed E-state index contributed by atoms with van der Waals surface area (Å²) in [5, 5.41) is 8.59. The van der Waals surface area contributed by atoms with Crippen molar-refractivity contribution in [1.82, 2.24) is 10.2 Å². The lowest BCUT2D eigenvalue weighted by Crippen LogP contribution is -2.47. The van der Waals surface area contributed by atoms with Crippen LogP contribution >= 0.6 is 12.2 Å². The zero-order valence-electron chi connectivity index (χ0n) is 18.4. The van der Waals surface area contributed by atoms with Crippen LogP contribution in [0.15, 0.2) is 53.7 Å². The maximum Gasteiger partial charge on any atom is 0.338 e. The quantitative estimate of drug-likeness (QED) is 0.416. The average Bonchev–Trinajstić information content (AvgIpc) is 2.76. The highest BCUT2D eigenvalue weighted by Gasteiger charge is 2.34. The Kier molecular flexibility index (Phi) is 7.59. The minimum absolute atomic E-state index is 0.148. The SMILES string of the molecule is CCOC(=O)C1=C(C)N(CC)C(=S)NC1c1ccc(NC(=O)Nc2ccc(F)cc2F)cc1. The van der Waals surface area contributed by atoms with Gasteiger partial charge in [-0.1, -0.05) is 12.1 Å². The maximum atomic E-state index is 13.7. The van der Waals surface area contributed by atoms with Gasteiger partial charge in [0.1, 0.15) is 11.6 Å². The fourth-order valence-corrected chi connectivity index (χ4v) is 3.90. The van der Waals surface area contributed by atoms with Gasteiger partial charge in [-0.3, -0.25) is 0 Å². The van der Waals surface area contributed by atoms with Gasteiger partial charge < -0.3 is 25.6 Å². The number of allylic oxidation sites excluding steroid dienone is 1. The van der Waals surface area contributed by atoms with E-state index in [-0.39, 0.29) is 12.3 Å². The van der Waals surface area contributed by atoms with Gasteiger partial charge in [0.25, 0.3) is 0 Å². The number of carbonyl (C=O) groups excluding carboxylic acids is 2. The summed E-state index contributed by atoms with van der Waals surface area (Å²) in [6.45, 7) is 6.34. The number of nitrogens with zero attached hydrogens (tertiary/aromatic N) is 1. The van der Waals surface area contributed by atoms with Crippen molar-refractivity contribution in [2.45, 2.75) is 26.8 Å². The van der Waals surface area contributed by atoms with Gasteiger partial charge in [-0.25, -0.2) is 18.4 Å². The number of amides is 2. The molecule has 3 rings (SSSR count). The number of rotatable bonds is 6. The third kappa shape index (κ3) is 5.46. The van der Waals surface area contributed by atoms with E-state index in [4.69, 9.17) is 17.0 Å². The van der Waals surface area contributed by atoms with Crippen molar-refractivity contribution >= 4 is 40.7 Å². The van der Waals surface area contributed by atoms with Gasteiger partial charge in [-0.05, 0) is 62.8 Å². The van der Waals surface area contributed by atoms with Crippen LogP contribution in [-0.2, 0) is 9.53 Å². The van der Waals surface area contributed by atoms with E-state index in [1.165, 1.54) is 0 Å². The van der Waals surface area contributed by atoms with Crippen molar-refractivity contribution in [2.24, 2.45) is 0 Å². The summed E-state index contributed by atoms with van der Waals surface area (Å²) < 4.78 is 32.0. The van der Waals surface area contributed by atoms with Crippen molar-refractivity contribution in [3.63, 3.8) is 0 Å². The van der Waals surface area contributed by atoms with E-state index in [9.17, 15) is 18.4 Å². The number of nitrogens with one attached hydrogen (secondary N) is 3. The molecule has 1 aliphatic rings. The Morgan fingerprint density at radius 2 is 1.82 bits per heavy atom.